The van der Waals surface area contributed by atoms with Crippen LogP contribution in [0.1, 0.15) is 54.6 Å². The molecule has 2 amide bonds. The van der Waals surface area contributed by atoms with Crippen molar-refractivity contribution in [1.82, 2.24) is 35.5 Å². The van der Waals surface area contributed by atoms with Crippen molar-refractivity contribution in [1.29, 1.82) is 0 Å². The minimum atomic E-state index is -2.79. The number of alkyl carbamates (subject to hydrolysis) is 1. The highest BCUT2D eigenvalue weighted by Gasteiger charge is 2.37. The molecule has 0 radical (unpaired) electrons. The number of aromatic nitrogens is 4. The van der Waals surface area contributed by atoms with Gasteiger partial charge in [-0.2, -0.15) is 8.78 Å². The number of imidazole rings is 2. The summed E-state index contributed by atoms with van der Waals surface area (Å²) in [5.74, 6) is 1.19. The largest absolute Gasteiger partial charge is 0.453 e. The second kappa shape index (κ2) is 15.2. The highest BCUT2D eigenvalue weighted by Crippen LogP contribution is 2.35. The fraction of sp³-hybridized carbons (Fsp3) is 0.268. The molecule has 2 aromatic heterocycles. The van der Waals surface area contributed by atoms with Crippen LogP contribution in [-0.4, -0.2) is 69.8 Å². The fourth-order valence-electron chi connectivity index (χ4n) is 7.50. The Bertz CT molecular complexity index is 2260. The number of alkyl halides is 2. The third kappa shape index (κ3) is 7.32. The number of carbonyl (C=O) groups is 2. The van der Waals surface area contributed by atoms with Crippen molar-refractivity contribution in [2.24, 2.45) is 0 Å². The lowest BCUT2D eigenvalue weighted by molar-refractivity contribution is -0.157. The molecular formula is C41H39F2N7O4. The first-order chi connectivity index (χ1) is 26.3. The van der Waals surface area contributed by atoms with Crippen LogP contribution in [0.4, 0.5) is 13.6 Å². The van der Waals surface area contributed by atoms with Crippen LogP contribution in [0.3, 0.4) is 0 Å². The summed E-state index contributed by atoms with van der Waals surface area (Å²) in [7, 11) is 1.28. The van der Waals surface area contributed by atoms with Gasteiger partial charge in [0.15, 0.2) is 0 Å². The molecule has 0 saturated carbocycles. The summed E-state index contributed by atoms with van der Waals surface area (Å²) in [6, 6.07) is 28.7. The molecule has 13 heteroatoms. The number of fused-ring (bicyclic) bond motifs is 1. The van der Waals surface area contributed by atoms with E-state index in [1.54, 1.807) is 17.3 Å². The number of nitrogens with zero attached hydrogens (tertiary/aromatic N) is 3. The van der Waals surface area contributed by atoms with Gasteiger partial charge in [0.2, 0.25) is 0 Å². The van der Waals surface area contributed by atoms with E-state index in [1.807, 2.05) is 42.5 Å². The maximum absolute atomic E-state index is 13.9. The fourth-order valence-corrected chi connectivity index (χ4v) is 7.50. The van der Waals surface area contributed by atoms with Crippen molar-refractivity contribution in [3.05, 3.63) is 121 Å². The number of aromatic amines is 2. The molecule has 2 fully saturated rings. The molecule has 11 nitrogen and oxygen atoms in total. The predicted octanol–water partition coefficient (Wildman–Crippen LogP) is 7.69. The number of likely N-dealkylation sites (tertiary alicyclic amines) is 1. The average molecular weight is 732 g/mol. The van der Waals surface area contributed by atoms with Gasteiger partial charge < -0.3 is 35.0 Å². The average Bonchev–Trinajstić information content (AvgIpc) is 4.04. The Labute approximate surface area is 310 Å². The standard InChI is InChI=1S/C41H39F2N7O4/c1-53-41(52)49-36(26-6-3-2-4-7-26)39(51)50-17-5-8-35(50)38-46-23-34(48-38)30-16-15-28-18-27(13-14-29(28)19-30)24-9-11-25(12-10-24)33-22-45-37(47-33)32-20-31(21-44-32)54-40(42)43/h2-4,6-7,9-16,18-19,22-23,31-32,35-36,40,44H,5,8,17,20-21H2,1H3,(H,45,47)(H,46,48)(H,49,52)/t31-,32-,35-,36?/m0/s1. The molecular weight excluding hydrogens is 692 g/mol. The van der Waals surface area contributed by atoms with E-state index in [1.165, 1.54) is 7.11 Å². The summed E-state index contributed by atoms with van der Waals surface area (Å²) in [6.07, 6.45) is 4.36. The van der Waals surface area contributed by atoms with Gasteiger partial charge >= 0.3 is 12.7 Å². The number of rotatable bonds is 10. The van der Waals surface area contributed by atoms with Gasteiger partial charge in [-0.1, -0.05) is 78.9 Å². The summed E-state index contributed by atoms with van der Waals surface area (Å²) in [5, 5.41) is 8.08. The first-order valence-corrected chi connectivity index (χ1v) is 17.9. The van der Waals surface area contributed by atoms with Crippen molar-refractivity contribution >= 4 is 22.8 Å². The minimum Gasteiger partial charge on any atom is -0.453 e. The third-order valence-electron chi connectivity index (χ3n) is 10.3. The number of H-pyrrole nitrogens is 2. The van der Waals surface area contributed by atoms with E-state index in [0.717, 1.165) is 57.3 Å². The number of carbonyl (C=O) groups excluding carboxylic acids is 2. The summed E-state index contributed by atoms with van der Waals surface area (Å²) in [5.41, 5.74) is 6.48. The van der Waals surface area contributed by atoms with Gasteiger partial charge in [-0.25, -0.2) is 14.8 Å². The van der Waals surface area contributed by atoms with E-state index in [-0.39, 0.29) is 18.0 Å². The Kier molecular flexibility index (Phi) is 9.89. The highest BCUT2D eigenvalue weighted by atomic mass is 19.3. The van der Waals surface area contributed by atoms with Crippen LogP contribution in [0.5, 0.6) is 0 Å². The molecule has 276 valence electrons. The summed E-state index contributed by atoms with van der Waals surface area (Å²) >= 11 is 0. The quantitative estimate of drug-likeness (QED) is 0.113. The van der Waals surface area contributed by atoms with Gasteiger partial charge in [0, 0.05) is 18.7 Å². The number of halogens is 2. The number of methoxy groups -OCH3 is 1. The van der Waals surface area contributed by atoms with Gasteiger partial charge in [0.05, 0.1) is 49.1 Å². The van der Waals surface area contributed by atoms with Crippen LogP contribution >= 0.6 is 0 Å². The molecule has 2 aliphatic rings. The Morgan fingerprint density at radius 1 is 0.833 bits per heavy atom. The van der Waals surface area contributed by atoms with Crippen molar-refractivity contribution in [3.8, 4) is 33.6 Å². The van der Waals surface area contributed by atoms with Gasteiger partial charge in [0.1, 0.15) is 17.7 Å². The van der Waals surface area contributed by atoms with Crippen LogP contribution in [-0.2, 0) is 14.3 Å². The van der Waals surface area contributed by atoms with E-state index in [2.05, 4.69) is 78.9 Å². The molecule has 4 heterocycles. The molecule has 4 N–H and O–H groups in total. The van der Waals surface area contributed by atoms with Gasteiger partial charge in [0.25, 0.3) is 5.91 Å². The van der Waals surface area contributed by atoms with Crippen LogP contribution in [0, 0.1) is 0 Å². The SMILES string of the molecule is COC(=O)NC(C(=O)N1CCC[C@H]1c1ncc(-c2ccc3cc(-c4ccc(-c5cnc([C@@H]6C[C@H](OC(F)F)CN6)[nH]5)cc4)ccc3c2)[nH]1)c1ccccc1. The zero-order valence-corrected chi connectivity index (χ0v) is 29.5. The Morgan fingerprint density at radius 2 is 1.48 bits per heavy atom. The molecule has 0 bridgehead atoms. The number of amides is 2. The highest BCUT2D eigenvalue weighted by molar-refractivity contribution is 5.91. The van der Waals surface area contributed by atoms with Crippen molar-refractivity contribution in [2.45, 2.75) is 50.1 Å². The van der Waals surface area contributed by atoms with E-state index in [0.29, 0.717) is 36.7 Å². The van der Waals surface area contributed by atoms with E-state index >= 15 is 0 Å². The zero-order valence-electron chi connectivity index (χ0n) is 29.5. The van der Waals surface area contributed by atoms with Crippen LogP contribution in [0.25, 0.3) is 44.4 Å². The van der Waals surface area contributed by atoms with E-state index in [9.17, 15) is 18.4 Å². The van der Waals surface area contributed by atoms with Gasteiger partial charge in [-0.15, -0.1) is 0 Å². The Morgan fingerprint density at radius 3 is 2.22 bits per heavy atom. The van der Waals surface area contributed by atoms with Crippen molar-refractivity contribution in [2.75, 3.05) is 20.2 Å². The van der Waals surface area contributed by atoms with E-state index in [4.69, 9.17) is 9.72 Å². The molecule has 2 aliphatic heterocycles. The van der Waals surface area contributed by atoms with Crippen LogP contribution in [0.15, 0.2) is 103 Å². The molecule has 0 aliphatic carbocycles. The molecule has 0 spiro atoms. The molecule has 2 saturated heterocycles. The molecule has 4 atom stereocenters. The van der Waals surface area contributed by atoms with Crippen LogP contribution < -0.4 is 10.6 Å². The molecule has 6 aromatic rings. The maximum atomic E-state index is 13.9. The van der Waals surface area contributed by atoms with Gasteiger partial charge in [-0.3, -0.25) is 4.79 Å². The topological polar surface area (TPSA) is 137 Å². The molecule has 8 rings (SSSR count). The number of benzene rings is 4. The molecule has 4 aromatic carbocycles. The van der Waals surface area contributed by atoms with Gasteiger partial charge in [-0.05, 0) is 64.4 Å². The first-order valence-electron chi connectivity index (χ1n) is 17.9. The summed E-state index contributed by atoms with van der Waals surface area (Å²) in [4.78, 5) is 43.9. The third-order valence-corrected chi connectivity index (χ3v) is 10.3. The summed E-state index contributed by atoms with van der Waals surface area (Å²) < 4.78 is 34.7. The number of hydrogen-bond donors (Lipinski definition) is 4. The van der Waals surface area contributed by atoms with E-state index < -0.39 is 24.9 Å². The number of nitrogens with one attached hydrogen (secondary N) is 4. The maximum Gasteiger partial charge on any atom is 0.407 e. The normalized spacial score (nSPS) is 19.0. The Balaban J connectivity index is 0.951. The lowest BCUT2D eigenvalue weighted by atomic mass is 9.98. The number of ether oxygens (including phenoxy) is 2. The first kappa shape index (κ1) is 35.1. The second-order valence-corrected chi connectivity index (χ2v) is 13.6. The predicted molar refractivity (Wildman–Crippen MR) is 199 cm³/mol. The second-order valence-electron chi connectivity index (χ2n) is 13.6. The number of hydrogen-bond acceptors (Lipinski definition) is 7. The van der Waals surface area contributed by atoms with Crippen molar-refractivity contribution in [3.63, 3.8) is 0 Å². The summed E-state index contributed by atoms with van der Waals surface area (Å²) in [6.45, 7) is -1.87. The monoisotopic (exact) mass is 731 g/mol. The van der Waals surface area contributed by atoms with Crippen LogP contribution in [0.2, 0.25) is 0 Å². The lowest BCUT2D eigenvalue weighted by Gasteiger charge is -2.28. The molecule has 1 unspecified atom stereocenters. The smallest absolute Gasteiger partial charge is 0.407 e. The van der Waals surface area contributed by atoms with Crippen molar-refractivity contribution < 1.29 is 27.8 Å². The minimum absolute atomic E-state index is 0.167. The molecule has 54 heavy (non-hydrogen) atoms. The Hall–Kier alpha value is -5.92. The zero-order chi connectivity index (χ0) is 37.2. The lowest BCUT2D eigenvalue weighted by Crippen LogP contribution is -2.42.